The molecule has 2 aromatic carbocycles. The van der Waals surface area contributed by atoms with E-state index < -0.39 is 11.8 Å². The normalized spacial score (nSPS) is 9.97. The largest absolute Gasteiger partial charge is 0.484 e. The first-order valence-electron chi connectivity index (χ1n) is 9.91. The molecule has 2 rings (SSSR count). The van der Waals surface area contributed by atoms with Gasteiger partial charge in [-0.3, -0.25) is 25.2 Å². The number of aryl methyl sites for hydroxylation is 2. The standard InChI is InChI=1S/C23H26N4O4/c1-17-9-10-20(15-18(17)2)31-16-22(29)26-25-21(28)11-12-23(30)27(14-6-13-24)19-7-4-3-5-8-19/h3-5,7-10,15H,6,11-12,14,16H2,1-2H3,(H,25,28)(H,26,29). The zero-order chi connectivity index (χ0) is 22.6. The molecule has 2 N–H and O–H groups in total. The number of hydrogen-bond donors (Lipinski definition) is 2. The van der Waals surface area contributed by atoms with E-state index in [1.807, 2.05) is 38.1 Å². The SMILES string of the molecule is Cc1ccc(OCC(=O)NNC(=O)CCC(=O)N(CCC#N)c2ccccc2)cc1C. The molecule has 0 unspecified atom stereocenters. The zero-order valence-corrected chi connectivity index (χ0v) is 17.7. The maximum atomic E-state index is 12.5. The maximum Gasteiger partial charge on any atom is 0.276 e. The van der Waals surface area contributed by atoms with E-state index in [0.29, 0.717) is 11.4 Å². The molecule has 162 valence electrons. The summed E-state index contributed by atoms with van der Waals surface area (Å²) in [6.45, 7) is 3.92. The molecule has 0 aliphatic carbocycles. The van der Waals surface area contributed by atoms with Gasteiger partial charge < -0.3 is 9.64 Å². The minimum absolute atomic E-state index is 0.0544. The van der Waals surface area contributed by atoms with E-state index in [1.165, 1.54) is 4.90 Å². The molecular weight excluding hydrogens is 396 g/mol. The summed E-state index contributed by atoms with van der Waals surface area (Å²) in [7, 11) is 0. The quantitative estimate of drug-likeness (QED) is 0.603. The van der Waals surface area contributed by atoms with E-state index in [2.05, 4.69) is 10.9 Å². The van der Waals surface area contributed by atoms with E-state index >= 15 is 0 Å². The monoisotopic (exact) mass is 422 g/mol. The molecule has 3 amide bonds. The third kappa shape index (κ3) is 7.82. The van der Waals surface area contributed by atoms with Crippen LogP contribution in [0, 0.1) is 25.2 Å². The van der Waals surface area contributed by atoms with E-state index in [9.17, 15) is 14.4 Å². The number of carbonyl (C=O) groups is 3. The van der Waals surface area contributed by atoms with Crippen LogP contribution in [0.15, 0.2) is 48.5 Å². The number of hydrazine groups is 1. The molecular formula is C23H26N4O4. The van der Waals surface area contributed by atoms with Crippen LogP contribution in [0.25, 0.3) is 0 Å². The molecule has 0 spiro atoms. The molecule has 8 nitrogen and oxygen atoms in total. The van der Waals surface area contributed by atoms with Crippen molar-refractivity contribution in [1.82, 2.24) is 10.9 Å². The summed E-state index contributed by atoms with van der Waals surface area (Å²) >= 11 is 0. The fraction of sp³-hybridized carbons (Fsp3) is 0.304. The first-order chi connectivity index (χ1) is 14.9. The molecule has 0 heterocycles. The van der Waals surface area contributed by atoms with Crippen molar-refractivity contribution >= 4 is 23.4 Å². The Labute approximate surface area is 181 Å². The van der Waals surface area contributed by atoms with Crippen LogP contribution in [0.4, 0.5) is 5.69 Å². The van der Waals surface area contributed by atoms with Crippen LogP contribution in [0.2, 0.25) is 0 Å². The molecule has 0 fully saturated rings. The second-order valence-electron chi connectivity index (χ2n) is 6.92. The number of ether oxygens (including phenoxy) is 1. The van der Waals surface area contributed by atoms with Crippen molar-refractivity contribution in [2.24, 2.45) is 0 Å². The van der Waals surface area contributed by atoms with Crippen LogP contribution in [-0.2, 0) is 14.4 Å². The summed E-state index contributed by atoms with van der Waals surface area (Å²) < 4.78 is 5.40. The minimum atomic E-state index is -0.516. The molecule has 0 atom stereocenters. The van der Waals surface area contributed by atoms with Gasteiger partial charge in [-0.05, 0) is 49.2 Å². The highest BCUT2D eigenvalue weighted by molar-refractivity contribution is 5.95. The molecule has 0 aromatic heterocycles. The lowest BCUT2D eigenvalue weighted by Crippen LogP contribution is -2.44. The van der Waals surface area contributed by atoms with E-state index in [-0.39, 0.29) is 38.3 Å². The topological polar surface area (TPSA) is 112 Å². The number of nitrogens with one attached hydrogen (secondary N) is 2. The van der Waals surface area contributed by atoms with Crippen molar-refractivity contribution in [3.05, 3.63) is 59.7 Å². The van der Waals surface area contributed by atoms with Crippen LogP contribution in [0.3, 0.4) is 0 Å². The molecule has 0 aliphatic heterocycles. The first-order valence-corrected chi connectivity index (χ1v) is 9.91. The predicted octanol–water partition coefficient (Wildman–Crippen LogP) is 2.56. The predicted molar refractivity (Wildman–Crippen MR) is 116 cm³/mol. The Morgan fingerprint density at radius 1 is 0.968 bits per heavy atom. The lowest BCUT2D eigenvalue weighted by molar-refractivity contribution is -0.130. The van der Waals surface area contributed by atoms with Gasteiger partial charge in [-0.2, -0.15) is 5.26 Å². The smallest absolute Gasteiger partial charge is 0.276 e. The number of rotatable bonds is 9. The number of carbonyl (C=O) groups excluding carboxylic acids is 3. The van der Waals surface area contributed by atoms with Crippen LogP contribution in [0.5, 0.6) is 5.75 Å². The number of amides is 3. The van der Waals surface area contributed by atoms with E-state index in [0.717, 1.165) is 11.1 Å². The Kier molecular flexibility index (Phi) is 9.05. The van der Waals surface area contributed by atoms with Gasteiger partial charge in [-0.1, -0.05) is 24.3 Å². The summed E-state index contributed by atoms with van der Waals surface area (Å²) in [4.78, 5) is 37.9. The molecule has 2 aromatic rings. The summed E-state index contributed by atoms with van der Waals surface area (Å²) in [5.74, 6) is -0.728. The van der Waals surface area contributed by atoms with Gasteiger partial charge in [0.25, 0.3) is 5.91 Å². The molecule has 8 heteroatoms. The van der Waals surface area contributed by atoms with Gasteiger partial charge in [0.15, 0.2) is 6.61 Å². The fourth-order valence-corrected chi connectivity index (χ4v) is 2.71. The average Bonchev–Trinajstić information content (AvgIpc) is 2.78. The third-order valence-corrected chi connectivity index (χ3v) is 4.57. The Balaban J connectivity index is 1.75. The van der Waals surface area contributed by atoms with Crippen LogP contribution in [0.1, 0.15) is 30.4 Å². The van der Waals surface area contributed by atoms with Crippen LogP contribution < -0.4 is 20.5 Å². The third-order valence-electron chi connectivity index (χ3n) is 4.57. The minimum Gasteiger partial charge on any atom is -0.484 e. The van der Waals surface area contributed by atoms with Crippen LogP contribution in [-0.4, -0.2) is 30.9 Å². The number of hydrogen-bond acceptors (Lipinski definition) is 5. The van der Waals surface area contributed by atoms with E-state index in [4.69, 9.17) is 10.00 Å². The number of benzene rings is 2. The summed E-state index contributed by atoms with van der Waals surface area (Å²) in [5.41, 5.74) is 7.38. The maximum absolute atomic E-state index is 12.5. The summed E-state index contributed by atoms with van der Waals surface area (Å²) in [5, 5.41) is 8.82. The van der Waals surface area contributed by atoms with Crippen molar-refractivity contribution in [2.45, 2.75) is 33.1 Å². The van der Waals surface area contributed by atoms with Gasteiger partial charge in [0.1, 0.15) is 5.75 Å². The average molecular weight is 422 g/mol. The fourth-order valence-electron chi connectivity index (χ4n) is 2.71. The Morgan fingerprint density at radius 3 is 2.35 bits per heavy atom. The molecule has 0 bridgehead atoms. The number of para-hydroxylation sites is 1. The van der Waals surface area contributed by atoms with E-state index in [1.54, 1.807) is 30.3 Å². The molecule has 0 saturated carbocycles. The molecule has 31 heavy (non-hydrogen) atoms. The summed E-state index contributed by atoms with van der Waals surface area (Å²) in [6.07, 6.45) is 0.0254. The van der Waals surface area contributed by atoms with Gasteiger partial charge in [0, 0.05) is 25.1 Å². The first kappa shape index (κ1) is 23.4. The lowest BCUT2D eigenvalue weighted by atomic mass is 10.1. The second-order valence-corrected chi connectivity index (χ2v) is 6.92. The second kappa shape index (κ2) is 12.0. The van der Waals surface area contributed by atoms with Crippen molar-refractivity contribution < 1.29 is 19.1 Å². The molecule has 0 aliphatic rings. The zero-order valence-electron chi connectivity index (χ0n) is 17.7. The highest BCUT2D eigenvalue weighted by Crippen LogP contribution is 2.16. The number of anilines is 1. The lowest BCUT2D eigenvalue weighted by Gasteiger charge is -2.21. The number of nitrogens with zero attached hydrogens (tertiary/aromatic N) is 2. The van der Waals surface area contributed by atoms with Crippen molar-refractivity contribution in [2.75, 3.05) is 18.1 Å². The van der Waals surface area contributed by atoms with Gasteiger partial charge in [-0.25, -0.2) is 0 Å². The molecule has 0 radical (unpaired) electrons. The Hall–Kier alpha value is -3.86. The number of nitriles is 1. The van der Waals surface area contributed by atoms with Gasteiger partial charge >= 0.3 is 0 Å². The van der Waals surface area contributed by atoms with Gasteiger partial charge in [0.05, 0.1) is 12.5 Å². The Morgan fingerprint density at radius 2 is 1.68 bits per heavy atom. The summed E-state index contributed by atoms with van der Waals surface area (Å²) in [6, 6.07) is 16.5. The molecule has 0 saturated heterocycles. The van der Waals surface area contributed by atoms with Crippen LogP contribution >= 0.6 is 0 Å². The van der Waals surface area contributed by atoms with Crippen molar-refractivity contribution in [1.29, 1.82) is 5.26 Å². The van der Waals surface area contributed by atoms with Crippen molar-refractivity contribution in [3.63, 3.8) is 0 Å². The van der Waals surface area contributed by atoms with Gasteiger partial charge in [0.2, 0.25) is 11.8 Å². The highest BCUT2D eigenvalue weighted by Gasteiger charge is 2.17. The Bertz CT molecular complexity index is 954. The highest BCUT2D eigenvalue weighted by atomic mass is 16.5. The van der Waals surface area contributed by atoms with Gasteiger partial charge in [-0.15, -0.1) is 0 Å². The van der Waals surface area contributed by atoms with Crippen molar-refractivity contribution in [3.8, 4) is 11.8 Å².